The largest absolute Gasteiger partial charge is 0.460 e. The van der Waals surface area contributed by atoms with E-state index in [-0.39, 0.29) is 24.7 Å². The molecule has 0 aromatic heterocycles. The van der Waals surface area contributed by atoms with E-state index in [0.717, 1.165) is 0 Å². The first-order valence-corrected chi connectivity index (χ1v) is 7.01. The van der Waals surface area contributed by atoms with Crippen LogP contribution in [-0.2, 0) is 19.6 Å². The van der Waals surface area contributed by atoms with Gasteiger partial charge in [-0.05, 0) is 27.2 Å². The number of ether oxygens (including phenoxy) is 1. The van der Waals surface area contributed by atoms with Gasteiger partial charge in [-0.3, -0.25) is 4.79 Å². The van der Waals surface area contributed by atoms with E-state index in [2.05, 4.69) is 0 Å². The van der Waals surface area contributed by atoms with E-state index in [9.17, 15) is 13.2 Å². The van der Waals surface area contributed by atoms with Crippen molar-refractivity contribution in [3.05, 3.63) is 0 Å². The average Bonchev–Trinajstić information content (AvgIpc) is 2.38. The molecule has 0 N–H and O–H groups in total. The normalized spacial score (nSPS) is 20.9. The molecular formula is C10H19NO4S. The molecule has 94 valence electrons. The van der Waals surface area contributed by atoms with E-state index in [4.69, 9.17) is 4.74 Å². The monoisotopic (exact) mass is 249 g/mol. The highest BCUT2D eigenvalue weighted by atomic mass is 32.2. The minimum atomic E-state index is -3.10. The summed E-state index contributed by atoms with van der Waals surface area (Å²) in [5.41, 5.74) is -0.513. The molecule has 1 heterocycles. The molecule has 0 spiro atoms. The van der Waals surface area contributed by atoms with Crippen LogP contribution in [0.4, 0.5) is 0 Å². The molecule has 0 aromatic rings. The molecule has 0 aromatic carbocycles. The summed E-state index contributed by atoms with van der Waals surface area (Å²) < 4.78 is 29.3. The van der Waals surface area contributed by atoms with Crippen LogP contribution in [0.1, 0.15) is 33.6 Å². The van der Waals surface area contributed by atoms with E-state index in [1.54, 1.807) is 20.8 Å². The van der Waals surface area contributed by atoms with E-state index >= 15 is 0 Å². The van der Waals surface area contributed by atoms with Gasteiger partial charge in [0, 0.05) is 13.1 Å². The van der Waals surface area contributed by atoms with Crippen LogP contribution in [0, 0.1) is 0 Å². The fourth-order valence-electron chi connectivity index (χ4n) is 1.55. The Bertz CT molecular complexity index is 356. The number of rotatable bonds is 3. The molecule has 0 unspecified atom stereocenters. The second-order valence-corrected chi connectivity index (χ2v) is 6.99. The number of nitrogens with zero attached hydrogens (tertiary/aromatic N) is 1. The molecular weight excluding hydrogens is 230 g/mol. The number of esters is 1. The maximum absolute atomic E-state index is 11.4. The molecule has 0 aliphatic carbocycles. The Morgan fingerprint density at radius 1 is 1.38 bits per heavy atom. The van der Waals surface area contributed by atoms with Gasteiger partial charge in [0.05, 0.1) is 12.2 Å². The fourth-order valence-corrected chi connectivity index (χ4v) is 3.08. The zero-order valence-corrected chi connectivity index (χ0v) is 10.8. The van der Waals surface area contributed by atoms with Gasteiger partial charge in [-0.25, -0.2) is 12.7 Å². The summed E-state index contributed by atoms with van der Waals surface area (Å²) in [7, 11) is -3.10. The topological polar surface area (TPSA) is 63.7 Å². The Balaban J connectivity index is 2.38. The summed E-state index contributed by atoms with van der Waals surface area (Å²) in [4.78, 5) is 11.4. The van der Waals surface area contributed by atoms with Gasteiger partial charge in [-0.2, -0.15) is 0 Å². The van der Waals surface area contributed by atoms with Gasteiger partial charge in [0.15, 0.2) is 0 Å². The van der Waals surface area contributed by atoms with Gasteiger partial charge < -0.3 is 4.74 Å². The van der Waals surface area contributed by atoms with Crippen molar-refractivity contribution >= 4 is 16.0 Å². The van der Waals surface area contributed by atoms with Gasteiger partial charge in [0.25, 0.3) is 0 Å². The van der Waals surface area contributed by atoms with Crippen LogP contribution in [0.2, 0.25) is 0 Å². The van der Waals surface area contributed by atoms with Crippen molar-refractivity contribution in [3.63, 3.8) is 0 Å². The maximum atomic E-state index is 11.4. The predicted octanol–water partition coefficient (Wildman–Crippen LogP) is 0.754. The Labute approximate surface area is 96.8 Å². The summed E-state index contributed by atoms with van der Waals surface area (Å²) in [6.45, 7) is 6.12. The Kier molecular flexibility index (Phi) is 3.96. The third-order valence-corrected chi connectivity index (χ3v) is 4.15. The van der Waals surface area contributed by atoms with Crippen LogP contribution in [0.3, 0.4) is 0 Å². The molecule has 1 aliphatic heterocycles. The molecule has 16 heavy (non-hydrogen) atoms. The Morgan fingerprint density at radius 3 is 2.44 bits per heavy atom. The second kappa shape index (κ2) is 4.71. The number of hydrogen-bond donors (Lipinski definition) is 0. The van der Waals surface area contributed by atoms with Crippen molar-refractivity contribution in [1.29, 1.82) is 0 Å². The van der Waals surface area contributed by atoms with E-state index in [1.165, 1.54) is 4.31 Å². The summed E-state index contributed by atoms with van der Waals surface area (Å²) in [6.07, 6.45) is 0.771. The predicted molar refractivity (Wildman–Crippen MR) is 60.4 cm³/mol. The second-order valence-electron chi connectivity index (χ2n) is 4.91. The maximum Gasteiger partial charge on any atom is 0.307 e. The van der Waals surface area contributed by atoms with Gasteiger partial charge in [0.1, 0.15) is 5.60 Å². The van der Waals surface area contributed by atoms with Crippen molar-refractivity contribution in [2.24, 2.45) is 0 Å². The molecule has 0 bridgehead atoms. The molecule has 6 heteroatoms. The summed E-state index contributed by atoms with van der Waals surface area (Å²) in [5, 5.41) is 0. The minimum absolute atomic E-state index is 0.122. The summed E-state index contributed by atoms with van der Waals surface area (Å²) >= 11 is 0. The van der Waals surface area contributed by atoms with Crippen molar-refractivity contribution in [3.8, 4) is 0 Å². The van der Waals surface area contributed by atoms with Crippen LogP contribution in [0.5, 0.6) is 0 Å². The van der Waals surface area contributed by atoms with Crippen molar-refractivity contribution < 1.29 is 17.9 Å². The zero-order chi connectivity index (χ0) is 12.4. The van der Waals surface area contributed by atoms with Crippen LogP contribution < -0.4 is 0 Å². The van der Waals surface area contributed by atoms with Crippen molar-refractivity contribution in [2.75, 3.05) is 18.8 Å². The Hall–Kier alpha value is -0.620. The first-order chi connectivity index (χ1) is 7.21. The quantitative estimate of drug-likeness (QED) is 0.692. The molecule has 1 rings (SSSR count). The lowest BCUT2D eigenvalue weighted by molar-refractivity contribution is -0.154. The molecule has 0 atom stereocenters. The van der Waals surface area contributed by atoms with Crippen LogP contribution in [0.15, 0.2) is 0 Å². The lowest BCUT2D eigenvalue weighted by Crippen LogP contribution is -2.30. The first kappa shape index (κ1) is 13.4. The van der Waals surface area contributed by atoms with Crippen LogP contribution >= 0.6 is 0 Å². The molecule has 1 aliphatic rings. The zero-order valence-electron chi connectivity index (χ0n) is 10.0. The third-order valence-electron chi connectivity index (χ3n) is 2.19. The Morgan fingerprint density at radius 2 is 2.00 bits per heavy atom. The van der Waals surface area contributed by atoms with Crippen LogP contribution in [0.25, 0.3) is 0 Å². The van der Waals surface area contributed by atoms with E-state index in [1.807, 2.05) is 0 Å². The lowest BCUT2D eigenvalue weighted by Gasteiger charge is -2.20. The first-order valence-electron chi connectivity index (χ1n) is 5.40. The van der Waals surface area contributed by atoms with Gasteiger partial charge >= 0.3 is 5.97 Å². The summed E-state index contributed by atoms with van der Waals surface area (Å²) in [5.74, 6) is -0.156. The number of carbonyl (C=O) groups is 1. The molecule has 0 amide bonds. The molecule has 0 saturated carbocycles. The SMILES string of the molecule is CC(C)(C)OC(=O)CCN1CCCS1(=O)=O. The molecule has 1 fully saturated rings. The van der Waals surface area contributed by atoms with Crippen molar-refractivity contribution in [2.45, 2.75) is 39.2 Å². The number of carbonyl (C=O) groups excluding carboxylic acids is 1. The average molecular weight is 249 g/mol. The van der Waals surface area contributed by atoms with Gasteiger partial charge in [0.2, 0.25) is 10.0 Å². The number of hydrogen-bond acceptors (Lipinski definition) is 4. The van der Waals surface area contributed by atoms with Gasteiger partial charge in [-0.15, -0.1) is 0 Å². The van der Waals surface area contributed by atoms with Gasteiger partial charge in [-0.1, -0.05) is 0 Å². The lowest BCUT2D eigenvalue weighted by atomic mass is 10.2. The van der Waals surface area contributed by atoms with E-state index < -0.39 is 15.6 Å². The number of sulfonamides is 1. The van der Waals surface area contributed by atoms with E-state index in [0.29, 0.717) is 13.0 Å². The summed E-state index contributed by atoms with van der Waals surface area (Å²) in [6, 6.07) is 0. The fraction of sp³-hybridized carbons (Fsp3) is 0.900. The minimum Gasteiger partial charge on any atom is -0.460 e. The molecule has 5 nitrogen and oxygen atoms in total. The third kappa shape index (κ3) is 4.09. The molecule has 0 radical (unpaired) electrons. The highest BCUT2D eigenvalue weighted by Crippen LogP contribution is 2.14. The van der Waals surface area contributed by atoms with Crippen LogP contribution in [-0.4, -0.2) is 43.1 Å². The highest BCUT2D eigenvalue weighted by Gasteiger charge is 2.28. The highest BCUT2D eigenvalue weighted by molar-refractivity contribution is 7.89. The molecule has 1 saturated heterocycles. The smallest absolute Gasteiger partial charge is 0.307 e. The standard InChI is InChI=1S/C10H19NO4S/c1-10(2,3)15-9(12)5-7-11-6-4-8-16(11,13)14/h4-8H2,1-3H3. The van der Waals surface area contributed by atoms with Crippen molar-refractivity contribution in [1.82, 2.24) is 4.31 Å².